The lowest BCUT2D eigenvalue weighted by Gasteiger charge is -2.38. The summed E-state index contributed by atoms with van der Waals surface area (Å²) in [7, 11) is 0. The van der Waals surface area contributed by atoms with E-state index in [0.29, 0.717) is 6.54 Å². The van der Waals surface area contributed by atoms with Gasteiger partial charge in [0.05, 0.1) is 24.8 Å². The molecule has 1 heterocycles. The Morgan fingerprint density at radius 1 is 1.33 bits per heavy atom. The van der Waals surface area contributed by atoms with E-state index in [0.717, 1.165) is 12.1 Å². The largest absolute Gasteiger partial charge is 0.465 e. The van der Waals surface area contributed by atoms with Crippen molar-refractivity contribution in [2.24, 2.45) is 0 Å². The van der Waals surface area contributed by atoms with Crippen LogP contribution in [0.1, 0.15) is 19.4 Å². The summed E-state index contributed by atoms with van der Waals surface area (Å²) < 4.78 is 43.3. The van der Waals surface area contributed by atoms with Crippen molar-refractivity contribution in [2.45, 2.75) is 26.1 Å². The van der Waals surface area contributed by atoms with Crippen molar-refractivity contribution in [1.29, 1.82) is 0 Å². The predicted octanol–water partition coefficient (Wildman–Crippen LogP) is 2.31. The topological polar surface area (TPSA) is 49.9 Å². The average molecular weight is 344 g/mol. The van der Waals surface area contributed by atoms with E-state index < -0.39 is 23.8 Å². The average Bonchev–Trinajstić information content (AvgIpc) is 2.51. The van der Waals surface area contributed by atoms with Crippen LogP contribution in [0.5, 0.6) is 0 Å². The van der Waals surface area contributed by atoms with Gasteiger partial charge in [0.25, 0.3) is 0 Å². The van der Waals surface area contributed by atoms with Crippen LogP contribution in [-0.4, -0.2) is 49.1 Å². The third-order valence-electron chi connectivity index (χ3n) is 3.90. The third kappa shape index (κ3) is 4.05. The first-order valence-electron chi connectivity index (χ1n) is 7.62. The minimum Gasteiger partial charge on any atom is -0.465 e. The SMILES string of the molecule is CCOC(=O)CN1CCN(c2cccc(C(F)(F)F)c2)C(=O)C1C. The molecule has 0 saturated carbocycles. The Labute approximate surface area is 138 Å². The van der Waals surface area contributed by atoms with E-state index in [4.69, 9.17) is 4.74 Å². The fourth-order valence-electron chi connectivity index (χ4n) is 2.61. The first-order chi connectivity index (χ1) is 11.2. The molecule has 132 valence electrons. The summed E-state index contributed by atoms with van der Waals surface area (Å²) in [6.45, 7) is 4.15. The lowest BCUT2D eigenvalue weighted by Crippen LogP contribution is -2.57. The number of amides is 1. The maximum Gasteiger partial charge on any atom is 0.416 e. The minimum atomic E-state index is -4.46. The Kier molecular flexibility index (Phi) is 5.48. The second-order valence-corrected chi connectivity index (χ2v) is 5.49. The molecule has 0 bridgehead atoms. The fraction of sp³-hybridized carbons (Fsp3) is 0.500. The Balaban J connectivity index is 2.13. The third-order valence-corrected chi connectivity index (χ3v) is 3.90. The van der Waals surface area contributed by atoms with E-state index in [1.807, 2.05) is 0 Å². The first-order valence-corrected chi connectivity index (χ1v) is 7.62. The van der Waals surface area contributed by atoms with Gasteiger partial charge in [0.15, 0.2) is 0 Å². The summed E-state index contributed by atoms with van der Waals surface area (Å²) >= 11 is 0. The van der Waals surface area contributed by atoms with Crippen molar-refractivity contribution in [3.05, 3.63) is 29.8 Å². The summed E-state index contributed by atoms with van der Waals surface area (Å²) in [6.07, 6.45) is -4.46. The van der Waals surface area contributed by atoms with Gasteiger partial charge < -0.3 is 9.64 Å². The number of carbonyl (C=O) groups is 2. The number of rotatable bonds is 4. The van der Waals surface area contributed by atoms with E-state index in [2.05, 4.69) is 0 Å². The molecule has 24 heavy (non-hydrogen) atoms. The van der Waals surface area contributed by atoms with Crippen LogP contribution in [0.4, 0.5) is 18.9 Å². The molecule has 1 fully saturated rings. The van der Waals surface area contributed by atoms with Gasteiger partial charge in [-0.25, -0.2) is 0 Å². The molecule has 1 saturated heterocycles. The molecule has 0 N–H and O–H groups in total. The molecule has 2 rings (SSSR count). The Hall–Kier alpha value is -2.09. The van der Waals surface area contributed by atoms with Gasteiger partial charge in [0.2, 0.25) is 5.91 Å². The summed E-state index contributed by atoms with van der Waals surface area (Å²) in [6, 6.07) is 4.07. The maximum atomic E-state index is 12.8. The van der Waals surface area contributed by atoms with Crippen LogP contribution in [0.15, 0.2) is 24.3 Å². The van der Waals surface area contributed by atoms with Crippen LogP contribution < -0.4 is 4.90 Å². The molecule has 0 radical (unpaired) electrons. The monoisotopic (exact) mass is 344 g/mol. The maximum absolute atomic E-state index is 12.8. The zero-order valence-corrected chi connectivity index (χ0v) is 13.5. The van der Waals surface area contributed by atoms with Crippen molar-refractivity contribution in [2.75, 3.05) is 31.1 Å². The molecule has 1 unspecified atom stereocenters. The van der Waals surface area contributed by atoms with Crippen LogP contribution >= 0.6 is 0 Å². The zero-order valence-electron chi connectivity index (χ0n) is 13.5. The van der Waals surface area contributed by atoms with Crippen LogP contribution in [0.2, 0.25) is 0 Å². The number of anilines is 1. The van der Waals surface area contributed by atoms with E-state index in [1.54, 1.807) is 18.7 Å². The zero-order chi connectivity index (χ0) is 17.9. The standard InChI is InChI=1S/C16H19F3N2O3/c1-3-24-14(22)10-20-7-8-21(15(23)11(20)2)13-6-4-5-12(9-13)16(17,18)19/h4-6,9,11H,3,7-8,10H2,1-2H3. The molecule has 0 aliphatic carbocycles. The molecular weight excluding hydrogens is 325 g/mol. The normalized spacial score (nSPS) is 19.5. The number of halogens is 3. The quantitative estimate of drug-likeness (QED) is 0.787. The van der Waals surface area contributed by atoms with Crippen LogP contribution in [-0.2, 0) is 20.5 Å². The molecule has 1 aliphatic heterocycles. The number of hydrogen-bond donors (Lipinski definition) is 0. The van der Waals surface area contributed by atoms with Crippen molar-refractivity contribution in [3.8, 4) is 0 Å². The van der Waals surface area contributed by atoms with Gasteiger partial charge in [-0.05, 0) is 32.0 Å². The number of nitrogens with zero attached hydrogens (tertiary/aromatic N) is 2. The van der Waals surface area contributed by atoms with E-state index in [1.165, 1.54) is 17.0 Å². The highest BCUT2D eigenvalue weighted by Crippen LogP contribution is 2.32. The molecule has 0 spiro atoms. The summed E-state index contributed by atoms with van der Waals surface area (Å²) in [4.78, 5) is 27.0. The van der Waals surface area contributed by atoms with Crippen molar-refractivity contribution >= 4 is 17.6 Å². The number of ether oxygens (including phenoxy) is 1. The predicted molar refractivity (Wildman–Crippen MR) is 81.5 cm³/mol. The highest BCUT2D eigenvalue weighted by molar-refractivity contribution is 5.98. The number of esters is 1. The van der Waals surface area contributed by atoms with Crippen LogP contribution in [0.25, 0.3) is 0 Å². The molecular formula is C16H19F3N2O3. The van der Waals surface area contributed by atoms with E-state index in [9.17, 15) is 22.8 Å². The van der Waals surface area contributed by atoms with E-state index >= 15 is 0 Å². The lowest BCUT2D eigenvalue weighted by molar-refractivity contribution is -0.146. The first kappa shape index (κ1) is 18.3. The smallest absolute Gasteiger partial charge is 0.416 e. The number of alkyl halides is 3. The molecule has 8 heteroatoms. The van der Waals surface area contributed by atoms with Crippen molar-refractivity contribution in [1.82, 2.24) is 4.90 Å². The number of benzene rings is 1. The van der Waals surface area contributed by atoms with Crippen LogP contribution in [0, 0.1) is 0 Å². The Morgan fingerprint density at radius 2 is 2.04 bits per heavy atom. The van der Waals surface area contributed by atoms with Gasteiger partial charge in [0, 0.05) is 18.8 Å². The second kappa shape index (κ2) is 7.21. The van der Waals surface area contributed by atoms with Crippen LogP contribution in [0.3, 0.4) is 0 Å². The molecule has 1 aliphatic rings. The van der Waals surface area contributed by atoms with Gasteiger partial charge in [-0.15, -0.1) is 0 Å². The summed E-state index contributed by atoms with van der Waals surface area (Å²) in [5.74, 6) is -0.769. The Bertz CT molecular complexity index is 619. The number of piperazine rings is 1. The van der Waals surface area contributed by atoms with Crippen molar-refractivity contribution in [3.63, 3.8) is 0 Å². The lowest BCUT2D eigenvalue weighted by atomic mass is 10.1. The van der Waals surface area contributed by atoms with Gasteiger partial charge in [-0.1, -0.05) is 6.07 Å². The summed E-state index contributed by atoms with van der Waals surface area (Å²) in [5, 5.41) is 0. The molecule has 5 nitrogen and oxygen atoms in total. The molecule has 1 aromatic carbocycles. The van der Waals surface area contributed by atoms with Crippen molar-refractivity contribution < 1.29 is 27.5 Å². The number of carbonyl (C=O) groups excluding carboxylic acids is 2. The molecule has 1 amide bonds. The minimum absolute atomic E-state index is 0.0167. The molecule has 0 aromatic heterocycles. The molecule has 1 aromatic rings. The summed E-state index contributed by atoms with van der Waals surface area (Å²) in [5.41, 5.74) is -0.591. The highest BCUT2D eigenvalue weighted by atomic mass is 19.4. The van der Waals surface area contributed by atoms with Gasteiger partial charge >= 0.3 is 12.1 Å². The Morgan fingerprint density at radius 3 is 2.67 bits per heavy atom. The number of hydrogen-bond acceptors (Lipinski definition) is 4. The van der Waals surface area contributed by atoms with Gasteiger partial charge in [0.1, 0.15) is 0 Å². The second-order valence-electron chi connectivity index (χ2n) is 5.49. The van der Waals surface area contributed by atoms with Gasteiger partial charge in [-0.3, -0.25) is 14.5 Å². The highest BCUT2D eigenvalue weighted by Gasteiger charge is 2.35. The molecule has 1 atom stereocenters. The fourth-order valence-corrected chi connectivity index (χ4v) is 2.61. The van der Waals surface area contributed by atoms with Gasteiger partial charge in [-0.2, -0.15) is 13.2 Å². The van der Waals surface area contributed by atoms with E-state index in [-0.39, 0.29) is 31.3 Å².